The van der Waals surface area contributed by atoms with Crippen molar-refractivity contribution in [3.8, 4) is 80.4 Å². The summed E-state index contributed by atoms with van der Waals surface area (Å²) in [7, 11) is 0. The molecule has 0 saturated carbocycles. The molecule has 0 saturated heterocycles. The summed E-state index contributed by atoms with van der Waals surface area (Å²) in [5.74, 6) is 18.5. The maximum Gasteiger partial charge on any atom is 0.203 e. The fourth-order valence-corrected chi connectivity index (χ4v) is 15.9. The Bertz CT molecular complexity index is 3980. The van der Waals surface area contributed by atoms with Crippen LogP contribution in [0.5, 0.6) is 34.5 Å². The highest BCUT2D eigenvalue weighted by molar-refractivity contribution is 5.96. The molecule has 0 atom stereocenters. The molecule has 2 aliphatic heterocycles. The van der Waals surface area contributed by atoms with Crippen LogP contribution >= 0.6 is 0 Å². The number of H-pyrrole nitrogens is 2. The summed E-state index contributed by atoms with van der Waals surface area (Å²) in [5.41, 5.74) is 12.8. The number of nitrogens with one attached hydrogen (secondary N) is 2. The number of nitrogens with zero attached hydrogens (tertiary/aromatic N) is 4. The minimum absolute atomic E-state index is 0.557. The smallest absolute Gasteiger partial charge is 0.203 e. The van der Waals surface area contributed by atoms with Crippen LogP contribution in [0.15, 0.2) is 97.6 Å². The minimum atomic E-state index is 0.557. The number of aromatic nitrogens is 6. The third kappa shape index (κ3) is 33.1. The van der Waals surface area contributed by atoms with Gasteiger partial charge >= 0.3 is 0 Å². The molecule has 12 heteroatoms. The highest BCUT2D eigenvalue weighted by Crippen LogP contribution is 2.47. The standard InChI is InChI=1S/C106H148N6O6/c1-7-13-19-25-31-37-43-49-75-113-99-81-87(82-100(114-76-50-44-38-32-26-20-14-8-2)105(99)117-79-53-47-41-35-29-23-17-11-5)103-95-63-59-91(109-95)89(57-55-85-67-71-107-72-68-85)93-61-65-97(111-93)104(98-66-62-94(112-98)90(92-60-64-96(103)110-92)58-56-86-69-73-108-74-70-86)88-83-101(115-77-51-45-39-33-27-21-15-9-3)106(118-80-54-48-42-36-30-24-18-12-6)102(84-88)116-78-52-46-40-34-28-22-16-10-4/h59-74,81-84,109,112H,7-54,75-80H2,1-6H3. The predicted molar refractivity (Wildman–Crippen MR) is 499 cm³/mol. The van der Waals surface area contributed by atoms with Crippen LogP contribution < -0.4 is 28.4 Å². The first-order valence-electron chi connectivity index (χ1n) is 47.6. The molecule has 7 aromatic rings. The number of aromatic amines is 2. The number of ether oxygens (including phenoxy) is 6. The number of hydrogen-bond donors (Lipinski definition) is 2. The fraction of sp³-hybridized carbons (Fsp3) is 0.566. The van der Waals surface area contributed by atoms with E-state index in [4.69, 9.17) is 38.4 Å². The zero-order chi connectivity index (χ0) is 82.3. The van der Waals surface area contributed by atoms with Gasteiger partial charge in [0.05, 0.1) is 84.6 Å². The molecule has 7 heterocycles. The van der Waals surface area contributed by atoms with Gasteiger partial charge in [0.1, 0.15) is 0 Å². The van der Waals surface area contributed by atoms with Gasteiger partial charge in [-0.1, -0.05) is 335 Å². The molecule has 2 aliphatic rings. The first-order valence-corrected chi connectivity index (χ1v) is 47.6. The third-order valence-electron chi connectivity index (χ3n) is 22.9. The van der Waals surface area contributed by atoms with Crippen molar-refractivity contribution in [1.82, 2.24) is 29.9 Å². The molecule has 0 spiro atoms. The quantitative estimate of drug-likeness (QED) is 0.0280. The van der Waals surface area contributed by atoms with Crippen LogP contribution in [0.3, 0.4) is 0 Å². The van der Waals surface area contributed by atoms with Gasteiger partial charge in [0.2, 0.25) is 11.5 Å². The Labute approximate surface area is 713 Å². The molecule has 2 N–H and O–H groups in total. The highest BCUT2D eigenvalue weighted by atomic mass is 16.5. The van der Waals surface area contributed by atoms with Crippen molar-refractivity contribution < 1.29 is 28.4 Å². The van der Waals surface area contributed by atoms with Crippen molar-refractivity contribution >= 4 is 46.4 Å². The van der Waals surface area contributed by atoms with Crippen LogP contribution in [-0.2, 0) is 0 Å². The summed E-state index contributed by atoms with van der Waals surface area (Å²) in [5, 5.41) is 0. The molecule has 0 amide bonds. The van der Waals surface area contributed by atoms with Crippen molar-refractivity contribution in [3.63, 3.8) is 0 Å². The first kappa shape index (κ1) is 93.1. The second-order valence-electron chi connectivity index (χ2n) is 33.0. The lowest BCUT2D eigenvalue weighted by atomic mass is 10.0. The lowest BCUT2D eigenvalue weighted by Crippen LogP contribution is -2.07. The lowest BCUT2D eigenvalue weighted by Gasteiger charge is -2.19. The van der Waals surface area contributed by atoms with E-state index in [1.165, 1.54) is 231 Å². The summed E-state index contributed by atoms with van der Waals surface area (Å²) < 4.78 is 42.5. The summed E-state index contributed by atoms with van der Waals surface area (Å²) in [6.45, 7) is 17.1. The van der Waals surface area contributed by atoms with Gasteiger partial charge in [0.15, 0.2) is 23.0 Å². The fourth-order valence-electron chi connectivity index (χ4n) is 15.9. The number of pyridine rings is 2. The number of fused-ring (bicyclic) bond motifs is 8. The van der Waals surface area contributed by atoms with E-state index < -0.39 is 0 Å². The van der Waals surface area contributed by atoms with E-state index in [-0.39, 0.29) is 0 Å². The van der Waals surface area contributed by atoms with Gasteiger partial charge in [-0.2, -0.15) is 0 Å². The van der Waals surface area contributed by atoms with Crippen LogP contribution in [0.25, 0.3) is 68.6 Å². The van der Waals surface area contributed by atoms with E-state index in [1.54, 1.807) is 24.8 Å². The third-order valence-corrected chi connectivity index (χ3v) is 22.9. The molecule has 12 nitrogen and oxygen atoms in total. The predicted octanol–water partition coefficient (Wildman–Crippen LogP) is 30.7. The van der Waals surface area contributed by atoms with Gasteiger partial charge in [-0.15, -0.1) is 0 Å². The monoisotopic (exact) mass is 1600 g/mol. The van der Waals surface area contributed by atoms with E-state index in [2.05, 4.69) is 158 Å². The second-order valence-corrected chi connectivity index (χ2v) is 33.0. The Kier molecular flexibility index (Phi) is 45.3. The summed E-state index contributed by atoms with van der Waals surface area (Å²) in [6, 6.07) is 25.1. The largest absolute Gasteiger partial charge is 0.490 e. The summed E-state index contributed by atoms with van der Waals surface area (Å²) >= 11 is 0. The molecule has 0 fully saturated rings. The molecular formula is C106H148N6O6. The molecule has 0 aliphatic carbocycles. The average molecular weight is 1600 g/mol. The zero-order valence-corrected chi connectivity index (χ0v) is 74.0. The van der Waals surface area contributed by atoms with Crippen molar-refractivity contribution in [2.75, 3.05) is 39.6 Å². The molecular weight excluding hydrogens is 1450 g/mol. The molecule has 0 radical (unpaired) electrons. The maximum absolute atomic E-state index is 7.11. The number of rotatable bonds is 62. The van der Waals surface area contributed by atoms with Gasteiger partial charge in [0, 0.05) is 58.1 Å². The minimum Gasteiger partial charge on any atom is -0.490 e. The Hall–Kier alpha value is -8.74. The Balaban J connectivity index is 1.25. The molecule has 2 aromatic carbocycles. The number of hydrogen-bond acceptors (Lipinski definition) is 10. The van der Waals surface area contributed by atoms with Crippen molar-refractivity contribution in [1.29, 1.82) is 0 Å². The van der Waals surface area contributed by atoms with E-state index in [1.807, 2.05) is 24.3 Å². The van der Waals surface area contributed by atoms with Gasteiger partial charge in [0.25, 0.3) is 0 Å². The maximum atomic E-state index is 7.11. The molecule has 638 valence electrons. The topological polar surface area (TPSA) is 139 Å². The summed E-state index contributed by atoms with van der Waals surface area (Å²) in [4.78, 5) is 28.2. The normalized spacial score (nSPS) is 11.6. The van der Waals surface area contributed by atoms with Crippen LogP contribution in [0.2, 0.25) is 0 Å². The zero-order valence-electron chi connectivity index (χ0n) is 74.0. The molecule has 5 aromatic heterocycles. The van der Waals surface area contributed by atoms with Gasteiger partial charge in [-0.25, -0.2) is 9.97 Å². The molecule has 118 heavy (non-hydrogen) atoms. The van der Waals surface area contributed by atoms with Gasteiger partial charge in [-0.3, -0.25) is 9.97 Å². The van der Waals surface area contributed by atoms with Crippen molar-refractivity contribution in [2.45, 2.75) is 350 Å². The van der Waals surface area contributed by atoms with Crippen molar-refractivity contribution in [2.24, 2.45) is 0 Å². The van der Waals surface area contributed by atoms with Crippen LogP contribution in [0.4, 0.5) is 0 Å². The van der Waals surface area contributed by atoms with E-state index in [9.17, 15) is 0 Å². The molecule has 0 unspecified atom stereocenters. The number of unbranched alkanes of at least 4 members (excludes halogenated alkanes) is 42. The van der Waals surface area contributed by atoms with E-state index in [0.29, 0.717) is 85.5 Å². The van der Waals surface area contributed by atoms with Crippen molar-refractivity contribution in [3.05, 3.63) is 143 Å². The van der Waals surface area contributed by atoms with Gasteiger partial charge < -0.3 is 38.4 Å². The Morgan fingerprint density at radius 1 is 0.246 bits per heavy atom. The SMILES string of the molecule is CCCCCCCCCCOc1cc(-c2c3nc(c(C#Cc4ccncc4)c4ccc([nH]4)c(-c4cc(OCCCCCCCCCC)c(OCCCCCCCCCC)c(OCCCCCCCCCC)c4)c4nc(c(C#Cc5ccncc5)c5ccc2[nH]5)C=C4)C=C3)cc(OCCCCCCCCCC)c1OCCCCCCCCCC. The van der Waals surface area contributed by atoms with Crippen LogP contribution in [0.1, 0.15) is 395 Å². The van der Waals surface area contributed by atoms with Crippen LogP contribution in [-0.4, -0.2) is 69.5 Å². The second kappa shape index (κ2) is 57.4. The van der Waals surface area contributed by atoms with Crippen LogP contribution in [0, 0.1) is 23.7 Å². The molecule has 9 rings (SSSR count). The highest BCUT2D eigenvalue weighted by Gasteiger charge is 2.25. The van der Waals surface area contributed by atoms with Gasteiger partial charge in [-0.05, 0) is 147 Å². The summed E-state index contributed by atoms with van der Waals surface area (Å²) in [6.07, 6.45) is 73.5. The Morgan fingerprint density at radius 2 is 0.475 bits per heavy atom. The number of benzene rings is 2. The van der Waals surface area contributed by atoms with E-state index >= 15 is 0 Å². The first-order chi connectivity index (χ1) is 58.4. The molecule has 8 bridgehead atoms. The Morgan fingerprint density at radius 3 is 0.737 bits per heavy atom. The van der Waals surface area contributed by atoms with E-state index in [0.717, 1.165) is 155 Å². The lowest BCUT2D eigenvalue weighted by molar-refractivity contribution is 0.234. The average Bonchev–Trinajstić information content (AvgIpc) is 0.897.